The first-order valence-electron chi connectivity index (χ1n) is 14.2. The van der Waals surface area contributed by atoms with Gasteiger partial charge in [-0.1, -0.05) is 43.0 Å². The van der Waals surface area contributed by atoms with Gasteiger partial charge in [-0.25, -0.2) is 4.79 Å². The van der Waals surface area contributed by atoms with E-state index in [0.717, 1.165) is 18.4 Å². The molecule has 37 heavy (non-hydrogen) atoms. The van der Waals surface area contributed by atoms with E-state index in [0.29, 0.717) is 56.4 Å². The van der Waals surface area contributed by atoms with Crippen molar-refractivity contribution in [1.82, 2.24) is 9.80 Å². The molecule has 0 spiro atoms. The molecule has 2 unspecified atom stereocenters. The van der Waals surface area contributed by atoms with Crippen LogP contribution in [0.3, 0.4) is 0 Å². The molecule has 2 aliphatic carbocycles. The van der Waals surface area contributed by atoms with Gasteiger partial charge in [-0.3, -0.25) is 14.5 Å². The number of benzene rings is 1. The van der Waals surface area contributed by atoms with Gasteiger partial charge in [0.2, 0.25) is 5.91 Å². The topological polar surface area (TPSA) is 66.9 Å². The lowest BCUT2D eigenvalue weighted by molar-refractivity contribution is -0.143. The molecule has 0 radical (unpaired) electrons. The van der Waals surface area contributed by atoms with E-state index in [1.54, 1.807) is 0 Å². The largest absolute Gasteiger partial charge is 0.447 e. The number of cyclic esters (lactones) is 1. The van der Waals surface area contributed by atoms with E-state index in [1.165, 1.54) is 32.1 Å². The molecule has 202 valence electrons. The lowest BCUT2D eigenvalue weighted by Gasteiger charge is -2.51. The van der Waals surface area contributed by atoms with Crippen molar-refractivity contribution in [1.29, 1.82) is 0 Å². The maximum atomic E-state index is 13.9. The smallest absolute Gasteiger partial charge is 0.410 e. The van der Waals surface area contributed by atoms with Crippen LogP contribution in [0.15, 0.2) is 24.3 Å². The highest BCUT2D eigenvalue weighted by Gasteiger charge is 2.50. The number of ether oxygens (including phenoxy) is 1. The second-order valence-electron chi connectivity index (χ2n) is 12.5. The Kier molecular flexibility index (Phi) is 7.59. The molecular weight excluding hydrogens is 488 g/mol. The molecule has 2 aliphatic heterocycles. The summed E-state index contributed by atoms with van der Waals surface area (Å²) < 4.78 is 5.45. The minimum atomic E-state index is -0.308. The monoisotopic (exact) mass is 528 g/mol. The lowest BCUT2D eigenvalue weighted by atomic mass is 9.63. The van der Waals surface area contributed by atoms with Crippen LogP contribution in [0.5, 0.6) is 0 Å². The molecule has 2 saturated carbocycles. The molecule has 2 heterocycles. The number of nitrogens with zero attached hydrogens (tertiary/aromatic N) is 2. The number of carbonyl (C=O) groups excluding carboxylic acids is 3. The minimum Gasteiger partial charge on any atom is -0.447 e. The van der Waals surface area contributed by atoms with E-state index in [9.17, 15) is 14.4 Å². The molecule has 7 heteroatoms. The van der Waals surface area contributed by atoms with E-state index >= 15 is 0 Å². The third-order valence-electron chi connectivity index (χ3n) is 9.80. The lowest BCUT2D eigenvalue weighted by Crippen LogP contribution is -2.56. The van der Waals surface area contributed by atoms with Crippen molar-refractivity contribution in [3.05, 3.63) is 34.9 Å². The Balaban J connectivity index is 1.33. The highest BCUT2D eigenvalue weighted by molar-refractivity contribution is 6.30. The maximum absolute atomic E-state index is 13.9. The second kappa shape index (κ2) is 10.6. The van der Waals surface area contributed by atoms with Gasteiger partial charge in [0.25, 0.3) is 0 Å². The first kappa shape index (κ1) is 26.5. The SMILES string of the molecule is CC1(C)COC(=O)N1CC1(C2CCCCC2)CCN(C(=O)C2CC(=O)CCC2c2ccc(Cl)cc2)CC1. The number of likely N-dealkylation sites (tertiary alicyclic amines) is 1. The van der Waals surface area contributed by atoms with Crippen LogP contribution in [0.25, 0.3) is 0 Å². The standard InChI is InChI=1S/C30H41ClN2O4/c1-29(2)20-37-28(36)33(29)19-30(22-6-4-3-5-7-22)14-16-32(17-15-30)27(35)26-18-24(34)12-13-25(26)21-8-10-23(31)11-9-21/h8-11,22,25-26H,3-7,12-20H2,1-2H3. The van der Waals surface area contributed by atoms with Gasteiger partial charge in [0.15, 0.2) is 0 Å². The quantitative estimate of drug-likeness (QED) is 0.455. The number of hydrogen-bond acceptors (Lipinski definition) is 4. The van der Waals surface area contributed by atoms with Crippen LogP contribution >= 0.6 is 11.6 Å². The minimum absolute atomic E-state index is 0.00972. The average Bonchev–Trinajstić information content (AvgIpc) is 3.16. The van der Waals surface area contributed by atoms with Crippen LogP contribution < -0.4 is 0 Å². The van der Waals surface area contributed by atoms with Crippen molar-refractivity contribution in [3.8, 4) is 0 Å². The summed E-state index contributed by atoms with van der Waals surface area (Å²) in [6.07, 6.45) is 9.34. The van der Waals surface area contributed by atoms with Crippen molar-refractivity contribution < 1.29 is 19.1 Å². The average molecular weight is 529 g/mol. The van der Waals surface area contributed by atoms with Gasteiger partial charge in [-0.05, 0) is 80.9 Å². The number of hydrogen-bond donors (Lipinski definition) is 0. The van der Waals surface area contributed by atoms with E-state index in [-0.39, 0.29) is 40.6 Å². The highest BCUT2D eigenvalue weighted by Crippen LogP contribution is 2.48. The van der Waals surface area contributed by atoms with Gasteiger partial charge in [0, 0.05) is 37.5 Å². The maximum Gasteiger partial charge on any atom is 0.410 e. The molecular formula is C30H41ClN2O4. The van der Waals surface area contributed by atoms with Gasteiger partial charge in [-0.15, -0.1) is 0 Å². The second-order valence-corrected chi connectivity index (χ2v) is 13.0. The Labute approximate surface area is 226 Å². The number of rotatable bonds is 5. The summed E-state index contributed by atoms with van der Waals surface area (Å²) in [4.78, 5) is 43.0. The molecule has 5 rings (SSSR count). The summed E-state index contributed by atoms with van der Waals surface area (Å²) in [6.45, 7) is 6.69. The zero-order valence-corrected chi connectivity index (χ0v) is 23.1. The Hall–Kier alpha value is -2.08. The molecule has 4 aliphatic rings. The number of carbonyl (C=O) groups is 3. The number of Topliss-reactive ketones (excluding diaryl/α,β-unsaturated/α-hetero) is 1. The van der Waals surface area contributed by atoms with Crippen molar-refractivity contribution in [3.63, 3.8) is 0 Å². The predicted molar refractivity (Wildman–Crippen MR) is 143 cm³/mol. The van der Waals surface area contributed by atoms with Crippen LogP contribution in [-0.2, 0) is 14.3 Å². The van der Waals surface area contributed by atoms with Crippen LogP contribution in [-0.4, -0.2) is 59.4 Å². The fraction of sp³-hybridized carbons (Fsp3) is 0.700. The zero-order valence-electron chi connectivity index (χ0n) is 22.3. The molecule has 0 bridgehead atoms. The highest BCUT2D eigenvalue weighted by atomic mass is 35.5. The molecule has 1 aromatic carbocycles. The van der Waals surface area contributed by atoms with Crippen molar-refractivity contribution >= 4 is 29.4 Å². The Morgan fingerprint density at radius 2 is 1.70 bits per heavy atom. The number of halogens is 1. The first-order chi connectivity index (χ1) is 17.7. The predicted octanol–water partition coefficient (Wildman–Crippen LogP) is 6.21. The number of ketones is 1. The van der Waals surface area contributed by atoms with E-state index < -0.39 is 0 Å². The molecule has 1 aromatic rings. The summed E-state index contributed by atoms with van der Waals surface area (Å²) >= 11 is 6.11. The summed E-state index contributed by atoms with van der Waals surface area (Å²) in [7, 11) is 0. The Bertz CT molecular complexity index is 1010. The Morgan fingerprint density at radius 1 is 1.03 bits per heavy atom. The molecule has 2 saturated heterocycles. The van der Waals surface area contributed by atoms with E-state index in [1.807, 2.05) is 34.1 Å². The van der Waals surface area contributed by atoms with Crippen molar-refractivity contribution in [2.75, 3.05) is 26.2 Å². The molecule has 2 amide bonds. The first-order valence-corrected chi connectivity index (χ1v) is 14.6. The van der Waals surface area contributed by atoms with Gasteiger partial charge >= 0.3 is 6.09 Å². The van der Waals surface area contributed by atoms with Gasteiger partial charge < -0.3 is 9.64 Å². The van der Waals surface area contributed by atoms with Gasteiger partial charge in [0.1, 0.15) is 12.4 Å². The molecule has 0 aromatic heterocycles. The molecule has 6 nitrogen and oxygen atoms in total. The van der Waals surface area contributed by atoms with Crippen molar-refractivity contribution in [2.24, 2.45) is 17.3 Å². The van der Waals surface area contributed by atoms with Gasteiger partial charge in [-0.2, -0.15) is 0 Å². The summed E-state index contributed by atoms with van der Waals surface area (Å²) in [5, 5.41) is 0.679. The Morgan fingerprint density at radius 3 is 2.32 bits per heavy atom. The molecule has 0 N–H and O–H groups in total. The van der Waals surface area contributed by atoms with E-state index in [4.69, 9.17) is 16.3 Å². The molecule has 4 fully saturated rings. The van der Waals surface area contributed by atoms with Crippen LogP contribution in [0.4, 0.5) is 4.79 Å². The third-order valence-corrected chi connectivity index (χ3v) is 10.0. The summed E-state index contributed by atoms with van der Waals surface area (Å²) in [5.41, 5.74) is 0.800. The number of piperidine rings is 1. The van der Waals surface area contributed by atoms with Crippen molar-refractivity contribution in [2.45, 2.75) is 89.5 Å². The molecule has 2 atom stereocenters. The van der Waals surface area contributed by atoms with Gasteiger partial charge in [0.05, 0.1) is 11.5 Å². The number of amides is 2. The van der Waals surface area contributed by atoms with Crippen LogP contribution in [0.2, 0.25) is 5.02 Å². The summed E-state index contributed by atoms with van der Waals surface area (Å²) in [6, 6.07) is 7.76. The fourth-order valence-electron chi connectivity index (χ4n) is 7.43. The van der Waals surface area contributed by atoms with Crippen LogP contribution in [0, 0.1) is 17.3 Å². The zero-order chi connectivity index (χ0) is 26.2. The third kappa shape index (κ3) is 5.41. The van der Waals surface area contributed by atoms with Crippen LogP contribution in [0.1, 0.15) is 89.5 Å². The fourth-order valence-corrected chi connectivity index (χ4v) is 7.55. The van der Waals surface area contributed by atoms with E-state index in [2.05, 4.69) is 13.8 Å². The summed E-state index contributed by atoms with van der Waals surface area (Å²) in [5.74, 6) is 0.614. The normalized spacial score (nSPS) is 28.3.